The van der Waals surface area contributed by atoms with Crippen LogP contribution in [0.2, 0.25) is 0 Å². The summed E-state index contributed by atoms with van der Waals surface area (Å²) in [6.45, 7) is 9.84. The van der Waals surface area contributed by atoms with Crippen LogP contribution in [0.25, 0.3) is 0 Å². The minimum atomic E-state index is -0.496. The fourth-order valence-corrected chi connectivity index (χ4v) is 0.714. The molecule has 0 aromatic rings. The molecule has 0 fully saturated rings. The van der Waals surface area contributed by atoms with Crippen LogP contribution in [0.15, 0.2) is 0 Å². The van der Waals surface area contributed by atoms with Gasteiger partial charge in [-0.25, -0.2) is 0 Å². The van der Waals surface area contributed by atoms with E-state index < -0.39 is 5.79 Å². The monoisotopic (exact) mass is 175 g/mol. The quantitative estimate of drug-likeness (QED) is 0.620. The van der Waals surface area contributed by atoms with Gasteiger partial charge >= 0.3 is 0 Å². The van der Waals surface area contributed by atoms with E-state index in [1.165, 1.54) is 0 Å². The molecular formula is C9H21NO2. The lowest BCUT2D eigenvalue weighted by Crippen LogP contribution is -2.32. The van der Waals surface area contributed by atoms with Gasteiger partial charge in [0, 0.05) is 6.54 Å². The molecule has 0 atom stereocenters. The molecule has 2 N–H and O–H groups in total. The van der Waals surface area contributed by atoms with E-state index >= 15 is 0 Å². The summed E-state index contributed by atoms with van der Waals surface area (Å²) in [6, 6.07) is 0. The fourth-order valence-electron chi connectivity index (χ4n) is 0.714. The summed E-state index contributed by atoms with van der Waals surface area (Å²) < 4.78 is 10.9. The number of ether oxygens (including phenoxy) is 2. The topological polar surface area (TPSA) is 44.5 Å². The van der Waals surface area contributed by atoms with E-state index in [2.05, 4.69) is 13.8 Å². The molecule has 74 valence electrons. The van der Waals surface area contributed by atoms with Crippen molar-refractivity contribution in [2.24, 2.45) is 11.7 Å². The molecule has 0 aliphatic rings. The van der Waals surface area contributed by atoms with Crippen molar-refractivity contribution < 1.29 is 9.47 Å². The van der Waals surface area contributed by atoms with Crippen molar-refractivity contribution in [1.82, 2.24) is 0 Å². The van der Waals surface area contributed by atoms with Crippen molar-refractivity contribution in [2.75, 3.05) is 19.8 Å². The highest BCUT2D eigenvalue weighted by atomic mass is 16.7. The van der Waals surface area contributed by atoms with Crippen molar-refractivity contribution in [3.05, 3.63) is 0 Å². The first-order chi connectivity index (χ1) is 5.48. The standard InChI is InChI=1S/C9H21NO2/c1-8(2)7-12-9(3,4)11-6-5-10/h8H,5-7,10H2,1-4H3. The van der Waals surface area contributed by atoms with Gasteiger partial charge in [-0.1, -0.05) is 13.8 Å². The molecule has 0 radical (unpaired) electrons. The number of hydrogen-bond acceptors (Lipinski definition) is 3. The van der Waals surface area contributed by atoms with E-state index in [1.807, 2.05) is 13.8 Å². The molecule has 0 unspecified atom stereocenters. The molecule has 0 heterocycles. The Morgan fingerprint density at radius 1 is 1.25 bits per heavy atom. The number of hydrogen-bond donors (Lipinski definition) is 1. The number of nitrogens with two attached hydrogens (primary N) is 1. The minimum Gasteiger partial charge on any atom is -0.350 e. The zero-order chi connectivity index (χ0) is 9.61. The zero-order valence-corrected chi connectivity index (χ0v) is 8.59. The first kappa shape index (κ1) is 11.9. The van der Waals surface area contributed by atoms with E-state index in [0.29, 0.717) is 19.1 Å². The first-order valence-corrected chi connectivity index (χ1v) is 4.46. The van der Waals surface area contributed by atoms with Crippen molar-refractivity contribution in [3.63, 3.8) is 0 Å². The third kappa shape index (κ3) is 6.58. The first-order valence-electron chi connectivity index (χ1n) is 4.46. The molecule has 0 amide bonds. The summed E-state index contributed by atoms with van der Waals surface area (Å²) in [5.41, 5.74) is 5.31. The van der Waals surface area contributed by atoms with Crippen molar-refractivity contribution in [2.45, 2.75) is 33.5 Å². The molecule has 0 saturated carbocycles. The highest BCUT2D eigenvalue weighted by Gasteiger charge is 2.18. The lowest BCUT2D eigenvalue weighted by atomic mass is 10.2. The van der Waals surface area contributed by atoms with E-state index in [-0.39, 0.29) is 0 Å². The van der Waals surface area contributed by atoms with E-state index in [4.69, 9.17) is 15.2 Å². The molecule has 0 bridgehead atoms. The second-order valence-corrected chi connectivity index (χ2v) is 3.74. The van der Waals surface area contributed by atoms with Gasteiger partial charge in [0.25, 0.3) is 0 Å². The second-order valence-electron chi connectivity index (χ2n) is 3.74. The Balaban J connectivity index is 3.56. The Bertz CT molecular complexity index is 113. The second kappa shape index (κ2) is 5.51. The summed E-state index contributed by atoms with van der Waals surface area (Å²) in [7, 11) is 0. The van der Waals surface area contributed by atoms with Crippen molar-refractivity contribution >= 4 is 0 Å². The van der Waals surface area contributed by atoms with Crippen molar-refractivity contribution in [1.29, 1.82) is 0 Å². The molecule has 0 aliphatic heterocycles. The van der Waals surface area contributed by atoms with Gasteiger partial charge < -0.3 is 15.2 Å². The van der Waals surface area contributed by atoms with Crippen LogP contribution in [-0.2, 0) is 9.47 Å². The molecule has 3 heteroatoms. The lowest BCUT2D eigenvalue weighted by molar-refractivity contribution is -0.216. The van der Waals surface area contributed by atoms with E-state index in [9.17, 15) is 0 Å². The molecule has 0 saturated heterocycles. The van der Waals surface area contributed by atoms with Crippen molar-refractivity contribution in [3.8, 4) is 0 Å². The SMILES string of the molecule is CC(C)COC(C)(C)OCCN. The molecule has 0 aromatic carbocycles. The maximum atomic E-state index is 5.52. The Kier molecular flexibility index (Phi) is 5.46. The largest absolute Gasteiger partial charge is 0.350 e. The molecule has 3 nitrogen and oxygen atoms in total. The summed E-state index contributed by atoms with van der Waals surface area (Å²) in [6.07, 6.45) is 0. The van der Waals surface area contributed by atoms with Gasteiger partial charge in [0.15, 0.2) is 5.79 Å². The van der Waals surface area contributed by atoms with Crippen LogP contribution in [0.1, 0.15) is 27.7 Å². The lowest BCUT2D eigenvalue weighted by Gasteiger charge is -2.26. The molecule has 0 spiro atoms. The van der Waals surface area contributed by atoms with Gasteiger partial charge in [-0.3, -0.25) is 0 Å². The molecule has 0 rings (SSSR count). The van der Waals surface area contributed by atoms with Crippen LogP contribution in [0.5, 0.6) is 0 Å². The predicted octanol–water partition coefficient (Wildman–Crippen LogP) is 1.37. The smallest absolute Gasteiger partial charge is 0.162 e. The van der Waals surface area contributed by atoms with E-state index in [0.717, 1.165) is 6.61 Å². The van der Waals surface area contributed by atoms with Gasteiger partial charge in [0.05, 0.1) is 13.2 Å². The maximum Gasteiger partial charge on any atom is 0.162 e. The summed E-state index contributed by atoms with van der Waals surface area (Å²) in [4.78, 5) is 0. The average Bonchev–Trinajstić information content (AvgIpc) is 1.98. The average molecular weight is 175 g/mol. The fraction of sp³-hybridized carbons (Fsp3) is 1.00. The normalized spacial score (nSPS) is 12.5. The van der Waals surface area contributed by atoms with Gasteiger partial charge in [-0.15, -0.1) is 0 Å². The molecule has 0 aliphatic carbocycles. The van der Waals surface area contributed by atoms with Crippen LogP contribution in [0, 0.1) is 5.92 Å². The van der Waals surface area contributed by atoms with E-state index in [1.54, 1.807) is 0 Å². The number of rotatable bonds is 6. The van der Waals surface area contributed by atoms with Gasteiger partial charge in [-0.2, -0.15) is 0 Å². The molecular weight excluding hydrogens is 154 g/mol. The van der Waals surface area contributed by atoms with Crippen LogP contribution in [0.3, 0.4) is 0 Å². The van der Waals surface area contributed by atoms with Crippen LogP contribution in [0.4, 0.5) is 0 Å². The van der Waals surface area contributed by atoms with Gasteiger partial charge in [0.1, 0.15) is 0 Å². The zero-order valence-electron chi connectivity index (χ0n) is 8.59. The molecule has 12 heavy (non-hydrogen) atoms. The predicted molar refractivity (Wildman–Crippen MR) is 49.9 cm³/mol. The summed E-state index contributed by atoms with van der Waals surface area (Å²) >= 11 is 0. The third-order valence-corrected chi connectivity index (χ3v) is 1.33. The Hall–Kier alpha value is -0.120. The summed E-state index contributed by atoms with van der Waals surface area (Å²) in [5, 5.41) is 0. The minimum absolute atomic E-state index is 0.496. The third-order valence-electron chi connectivity index (χ3n) is 1.33. The van der Waals surface area contributed by atoms with Crippen LogP contribution in [-0.4, -0.2) is 25.5 Å². The Labute approximate surface area is 75.2 Å². The highest BCUT2D eigenvalue weighted by Crippen LogP contribution is 2.12. The van der Waals surface area contributed by atoms with Crippen LogP contribution < -0.4 is 5.73 Å². The van der Waals surface area contributed by atoms with Crippen LogP contribution >= 0.6 is 0 Å². The molecule has 0 aromatic heterocycles. The summed E-state index contributed by atoms with van der Waals surface area (Å²) in [5.74, 6) is 0.0367. The van der Waals surface area contributed by atoms with Gasteiger partial charge in [-0.05, 0) is 19.8 Å². The Morgan fingerprint density at radius 3 is 2.25 bits per heavy atom. The maximum absolute atomic E-state index is 5.52. The highest BCUT2D eigenvalue weighted by molar-refractivity contribution is 4.55. The van der Waals surface area contributed by atoms with Gasteiger partial charge in [0.2, 0.25) is 0 Å². The Morgan fingerprint density at radius 2 is 1.83 bits per heavy atom.